The first kappa shape index (κ1) is 18.3. The average Bonchev–Trinajstić information content (AvgIpc) is 2.69. The Balaban J connectivity index is 1.71. The van der Waals surface area contributed by atoms with Gasteiger partial charge < -0.3 is 20.1 Å². The van der Waals surface area contributed by atoms with Gasteiger partial charge in [0.2, 0.25) is 0 Å². The second kappa shape index (κ2) is 8.23. The van der Waals surface area contributed by atoms with Crippen LogP contribution < -0.4 is 20.1 Å². The summed E-state index contributed by atoms with van der Waals surface area (Å²) in [7, 11) is 3.19. The zero-order chi connectivity index (χ0) is 19.2. The molecule has 0 spiro atoms. The highest BCUT2D eigenvalue weighted by atomic mass is 16.5. The van der Waals surface area contributed by atoms with Gasteiger partial charge >= 0.3 is 0 Å². The third kappa shape index (κ3) is 4.55. The standard InChI is InChI=1S/C21H21N3O3/c1-14-7-10-20(27-3)19(11-14)24-21(25)18-9-8-16(13-22-18)23-15-5-4-6-17(12-15)26-2/h4-13,23H,1-3H3,(H,24,25). The second-order valence-corrected chi connectivity index (χ2v) is 5.95. The summed E-state index contributed by atoms with van der Waals surface area (Å²) in [6, 6.07) is 16.6. The number of nitrogens with one attached hydrogen (secondary N) is 2. The molecule has 0 radical (unpaired) electrons. The lowest BCUT2D eigenvalue weighted by Crippen LogP contribution is -2.14. The fraction of sp³-hybridized carbons (Fsp3) is 0.143. The molecular weight excluding hydrogens is 342 g/mol. The lowest BCUT2D eigenvalue weighted by molar-refractivity contribution is 0.102. The SMILES string of the molecule is COc1cccc(Nc2ccc(C(=O)Nc3cc(C)ccc3OC)nc2)c1. The lowest BCUT2D eigenvalue weighted by atomic mass is 10.2. The highest BCUT2D eigenvalue weighted by Crippen LogP contribution is 2.26. The van der Waals surface area contributed by atoms with Gasteiger partial charge in [0.05, 0.1) is 31.8 Å². The molecule has 2 N–H and O–H groups in total. The van der Waals surface area contributed by atoms with Crippen molar-refractivity contribution in [2.75, 3.05) is 24.9 Å². The van der Waals surface area contributed by atoms with Crippen molar-refractivity contribution >= 4 is 23.0 Å². The summed E-state index contributed by atoms with van der Waals surface area (Å²) in [5.41, 5.74) is 3.60. The van der Waals surface area contributed by atoms with Crippen LogP contribution in [0.1, 0.15) is 16.1 Å². The number of nitrogens with zero attached hydrogens (tertiary/aromatic N) is 1. The van der Waals surface area contributed by atoms with E-state index in [2.05, 4.69) is 15.6 Å². The number of carbonyl (C=O) groups excluding carboxylic acids is 1. The van der Waals surface area contributed by atoms with Crippen LogP contribution in [0.5, 0.6) is 11.5 Å². The van der Waals surface area contributed by atoms with Crippen LogP contribution in [0.15, 0.2) is 60.8 Å². The van der Waals surface area contributed by atoms with Crippen LogP contribution >= 0.6 is 0 Å². The molecule has 1 heterocycles. The van der Waals surface area contributed by atoms with Gasteiger partial charge in [-0.2, -0.15) is 0 Å². The molecule has 6 nitrogen and oxygen atoms in total. The zero-order valence-electron chi connectivity index (χ0n) is 15.4. The van der Waals surface area contributed by atoms with Gasteiger partial charge in [0.15, 0.2) is 0 Å². The van der Waals surface area contributed by atoms with E-state index in [1.807, 2.05) is 49.4 Å². The Kier molecular flexibility index (Phi) is 5.56. The Morgan fingerprint density at radius 2 is 1.81 bits per heavy atom. The third-order valence-corrected chi connectivity index (χ3v) is 3.96. The predicted octanol–water partition coefficient (Wildman–Crippen LogP) is 4.40. The molecule has 0 saturated heterocycles. The first-order chi connectivity index (χ1) is 13.1. The molecule has 3 rings (SSSR count). The monoisotopic (exact) mass is 363 g/mol. The molecule has 2 aromatic carbocycles. The minimum atomic E-state index is -0.299. The molecule has 1 aromatic heterocycles. The average molecular weight is 363 g/mol. The van der Waals surface area contributed by atoms with E-state index in [0.717, 1.165) is 22.7 Å². The van der Waals surface area contributed by atoms with E-state index < -0.39 is 0 Å². The molecule has 0 aliphatic carbocycles. The van der Waals surface area contributed by atoms with Crippen LogP contribution in [-0.4, -0.2) is 25.1 Å². The van der Waals surface area contributed by atoms with Gasteiger partial charge in [-0.15, -0.1) is 0 Å². The zero-order valence-corrected chi connectivity index (χ0v) is 15.4. The Morgan fingerprint density at radius 1 is 0.963 bits per heavy atom. The van der Waals surface area contributed by atoms with Crippen molar-refractivity contribution in [3.8, 4) is 11.5 Å². The number of methoxy groups -OCH3 is 2. The highest BCUT2D eigenvalue weighted by Gasteiger charge is 2.11. The molecule has 6 heteroatoms. The maximum Gasteiger partial charge on any atom is 0.274 e. The van der Waals surface area contributed by atoms with Gasteiger partial charge in [0.25, 0.3) is 5.91 Å². The van der Waals surface area contributed by atoms with E-state index in [9.17, 15) is 4.79 Å². The van der Waals surface area contributed by atoms with Crippen LogP contribution in [0.25, 0.3) is 0 Å². The van der Waals surface area contributed by atoms with Crippen molar-refractivity contribution in [1.82, 2.24) is 4.98 Å². The van der Waals surface area contributed by atoms with Crippen LogP contribution in [-0.2, 0) is 0 Å². The number of rotatable bonds is 6. The number of aryl methyl sites for hydroxylation is 1. The van der Waals surface area contributed by atoms with Crippen molar-refractivity contribution in [2.24, 2.45) is 0 Å². The number of anilines is 3. The van der Waals surface area contributed by atoms with Crippen LogP contribution in [0.3, 0.4) is 0 Å². The van der Waals surface area contributed by atoms with Gasteiger partial charge in [-0.05, 0) is 48.9 Å². The summed E-state index contributed by atoms with van der Waals surface area (Å²) in [5, 5.41) is 6.07. The molecule has 0 unspecified atom stereocenters. The molecule has 27 heavy (non-hydrogen) atoms. The molecule has 138 valence electrons. The van der Waals surface area contributed by atoms with Gasteiger partial charge in [-0.3, -0.25) is 4.79 Å². The van der Waals surface area contributed by atoms with Crippen molar-refractivity contribution in [2.45, 2.75) is 6.92 Å². The molecule has 0 bridgehead atoms. The number of benzene rings is 2. The van der Waals surface area contributed by atoms with E-state index in [4.69, 9.17) is 9.47 Å². The first-order valence-electron chi connectivity index (χ1n) is 8.42. The number of aromatic nitrogens is 1. The van der Waals surface area contributed by atoms with Crippen LogP contribution in [0, 0.1) is 6.92 Å². The van der Waals surface area contributed by atoms with Crippen molar-refractivity contribution in [1.29, 1.82) is 0 Å². The summed E-state index contributed by atoms with van der Waals surface area (Å²) in [6.07, 6.45) is 1.61. The molecule has 0 fully saturated rings. The number of carbonyl (C=O) groups is 1. The van der Waals surface area contributed by atoms with E-state index in [1.165, 1.54) is 0 Å². The molecule has 0 aliphatic rings. The number of pyridine rings is 1. The number of ether oxygens (including phenoxy) is 2. The quantitative estimate of drug-likeness (QED) is 0.679. The minimum Gasteiger partial charge on any atom is -0.497 e. The summed E-state index contributed by atoms with van der Waals surface area (Å²) in [5.74, 6) is 1.06. The molecule has 0 saturated carbocycles. The van der Waals surface area contributed by atoms with Gasteiger partial charge in [0, 0.05) is 11.8 Å². The summed E-state index contributed by atoms with van der Waals surface area (Å²) >= 11 is 0. The maximum absolute atomic E-state index is 12.5. The summed E-state index contributed by atoms with van der Waals surface area (Å²) in [4.78, 5) is 16.7. The Labute approximate surface area is 158 Å². The van der Waals surface area contributed by atoms with E-state index >= 15 is 0 Å². The van der Waals surface area contributed by atoms with Crippen molar-refractivity contribution in [3.63, 3.8) is 0 Å². The van der Waals surface area contributed by atoms with Crippen molar-refractivity contribution < 1.29 is 14.3 Å². The van der Waals surface area contributed by atoms with Crippen molar-refractivity contribution in [3.05, 3.63) is 72.1 Å². The molecule has 3 aromatic rings. The fourth-order valence-corrected chi connectivity index (χ4v) is 2.58. The number of amides is 1. The lowest BCUT2D eigenvalue weighted by Gasteiger charge is -2.11. The third-order valence-electron chi connectivity index (χ3n) is 3.96. The van der Waals surface area contributed by atoms with Crippen LogP contribution in [0.4, 0.5) is 17.1 Å². The largest absolute Gasteiger partial charge is 0.497 e. The normalized spacial score (nSPS) is 10.2. The summed E-state index contributed by atoms with van der Waals surface area (Å²) < 4.78 is 10.5. The van der Waals surface area contributed by atoms with E-state index in [0.29, 0.717) is 17.1 Å². The number of hydrogen-bond donors (Lipinski definition) is 2. The first-order valence-corrected chi connectivity index (χ1v) is 8.42. The van der Waals surface area contributed by atoms with Gasteiger partial charge in [-0.1, -0.05) is 12.1 Å². The Bertz CT molecular complexity index is 940. The second-order valence-electron chi connectivity index (χ2n) is 5.95. The predicted molar refractivity (Wildman–Crippen MR) is 106 cm³/mol. The minimum absolute atomic E-state index is 0.299. The smallest absolute Gasteiger partial charge is 0.274 e. The molecule has 0 aliphatic heterocycles. The van der Waals surface area contributed by atoms with E-state index in [-0.39, 0.29) is 5.91 Å². The molecule has 0 atom stereocenters. The summed E-state index contributed by atoms with van der Waals surface area (Å²) in [6.45, 7) is 1.95. The Hall–Kier alpha value is -3.54. The Morgan fingerprint density at radius 3 is 2.52 bits per heavy atom. The van der Waals surface area contributed by atoms with Gasteiger partial charge in [0.1, 0.15) is 17.2 Å². The van der Waals surface area contributed by atoms with E-state index in [1.54, 1.807) is 32.5 Å². The highest BCUT2D eigenvalue weighted by molar-refractivity contribution is 6.03. The molecule has 1 amide bonds. The van der Waals surface area contributed by atoms with Crippen LogP contribution in [0.2, 0.25) is 0 Å². The topological polar surface area (TPSA) is 72.5 Å². The maximum atomic E-state index is 12.5. The number of hydrogen-bond acceptors (Lipinski definition) is 5. The fourth-order valence-electron chi connectivity index (χ4n) is 2.58. The molecular formula is C21H21N3O3. The van der Waals surface area contributed by atoms with Gasteiger partial charge in [-0.25, -0.2) is 4.98 Å².